The number of halogens is 2. The summed E-state index contributed by atoms with van der Waals surface area (Å²) in [6.45, 7) is 4.13. The predicted octanol–water partition coefficient (Wildman–Crippen LogP) is 6.59. The molecule has 2 aromatic carbocycles. The fraction of sp³-hybridized carbons (Fsp3) is 0.273. The molecule has 2 nitrogen and oxygen atoms in total. The number of benzene rings is 2. The average molecular weight is 372 g/mol. The zero-order valence-electron chi connectivity index (χ0n) is 15.0. The van der Waals surface area contributed by atoms with Gasteiger partial charge >= 0.3 is 0 Å². The van der Waals surface area contributed by atoms with Gasteiger partial charge < -0.3 is 10.1 Å². The van der Waals surface area contributed by atoms with Crippen molar-refractivity contribution in [2.75, 3.05) is 0 Å². The van der Waals surface area contributed by atoms with Crippen molar-refractivity contribution in [2.45, 2.75) is 38.8 Å². The summed E-state index contributed by atoms with van der Waals surface area (Å²) in [4.78, 5) is 0. The van der Waals surface area contributed by atoms with Crippen LogP contribution in [0, 0.1) is 5.82 Å². The van der Waals surface area contributed by atoms with Crippen LogP contribution in [0.1, 0.15) is 38.3 Å². The Balaban J connectivity index is 1.86. The third-order valence-electron chi connectivity index (χ3n) is 4.58. The van der Waals surface area contributed by atoms with Crippen LogP contribution in [0.15, 0.2) is 66.3 Å². The van der Waals surface area contributed by atoms with Gasteiger partial charge in [-0.3, -0.25) is 0 Å². The lowest BCUT2D eigenvalue weighted by atomic mass is 10.0. The van der Waals surface area contributed by atoms with Gasteiger partial charge in [-0.2, -0.15) is 0 Å². The Kier molecular flexibility index (Phi) is 6.12. The Labute approximate surface area is 159 Å². The molecule has 1 aliphatic carbocycles. The van der Waals surface area contributed by atoms with Crippen LogP contribution in [-0.2, 0) is 0 Å². The molecule has 2 atom stereocenters. The minimum atomic E-state index is -0.413. The van der Waals surface area contributed by atoms with Crippen molar-refractivity contribution in [2.24, 2.45) is 0 Å². The zero-order chi connectivity index (χ0) is 18.5. The Bertz CT molecular complexity index is 816. The van der Waals surface area contributed by atoms with Crippen molar-refractivity contribution >= 4 is 11.6 Å². The molecule has 0 bridgehead atoms. The van der Waals surface area contributed by atoms with Gasteiger partial charge in [0.1, 0.15) is 5.75 Å². The molecule has 0 saturated carbocycles. The van der Waals surface area contributed by atoms with Gasteiger partial charge in [0.2, 0.25) is 0 Å². The fourth-order valence-corrected chi connectivity index (χ4v) is 3.32. The van der Waals surface area contributed by atoms with Crippen LogP contribution in [0.3, 0.4) is 0 Å². The second-order valence-electron chi connectivity index (χ2n) is 6.39. The minimum absolute atomic E-state index is 0.0725. The predicted molar refractivity (Wildman–Crippen MR) is 105 cm³/mol. The van der Waals surface area contributed by atoms with E-state index in [2.05, 4.69) is 30.5 Å². The van der Waals surface area contributed by atoms with Crippen molar-refractivity contribution in [3.05, 3.63) is 82.7 Å². The third kappa shape index (κ3) is 4.17. The van der Waals surface area contributed by atoms with Crippen molar-refractivity contribution < 1.29 is 9.13 Å². The lowest BCUT2D eigenvalue weighted by molar-refractivity contribution is 0.418. The van der Waals surface area contributed by atoms with Gasteiger partial charge in [0.25, 0.3) is 0 Å². The normalized spacial score (nSPS) is 15.6. The van der Waals surface area contributed by atoms with E-state index < -0.39 is 5.82 Å². The van der Waals surface area contributed by atoms with Crippen LogP contribution in [-0.4, -0.2) is 6.04 Å². The first kappa shape index (κ1) is 18.7. The van der Waals surface area contributed by atoms with Gasteiger partial charge in [0, 0.05) is 17.6 Å². The number of para-hydroxylation sites is 1. The molecule has 0 unspecified atom stereocenters. The number of allylic oxidation sites excluding steroid dienone is 2. The van der Waals surface area contributed by atoms with E-state index in [4.69, 9.17) is 16.3 Å². The topological polar surface area (TPSA) is 21.3 Å². The average Bonchev–Trinajstić information content (AvgIpc) is 3.19. The summed E-state index contributed by atoms with van der Waals surface area (Å²) in [5.41, 5.74) is 1.80. The summed E-state index contributed by atoms with van der Waals surface area (Å²) < 4.78 is 20.9. The second-order valence-corrected chi connectivity index (χ2v) is 6.79. The smallest absolute Gasteiger partial charge is 0.181 e. The molecule has 0 heterocycles. The first-order valence-electron chi connectivity index (χ1n) is 8.93. The van der Waals surface area contributed by atoms with Crippen molar-refractivity contribution in [1.29, 1.82) is 0 Å². The molecule has 0 amide bonds. The minimum Gasteiger partial charge on any atom is -0.453 e. The molecule has 2 aromatic rings. The summed E-state index contributed by atoms with van der Waals surface area (Å²) in [5, 5.41) is 3.78. The van der Waals surface area contributed by atoms with Crippen LogP contribution in [0.5, 0.6) is 11.5 Å². The van der Waals surface area contributed by atoms with Gasteiger partial charge in [-0.05, 0) is 43.5 Å². The molecule has 0 aromatic heterocycles. The number of rotatable bonds is 7. The van der Waals surface area contributed by atoms with Crippen LogP contribution >= 0.6 is 11.6 Å². The highest BCUT2D eigenvalue weighted by Gasteiger charge is 2.22. The zero-order valence-corrected chi connectivity index (χ0v) is 15.8. The molecular formula is C22H23ClFNO. The SMILES string of the molecule is CC[C@@H](N[C@@H](C)C1=CCC=C1)c1ccc(Cl)c(Oc2ccccc2)c1F. The van der Waals surface area contributed by atoms with E-state index in [1.807, 2.05) is 25.1 Å². The van der Waals surface area contributed by atoms with Crippen LogP contribution in [0.4, 0.5) is 4.39 Å². The van der Waals surface area contributed by atoms with Gasteiger partial charge in [0.05, 0.1) is 5.02 Å². The van der Waals surface area contributed by atoms with E-state index in [9.17, 15) is 0 Å². The Morgan fingerprint density at radius 1 is 1.19 bits per heavy atom. The molecule has 0 fully saturated rings. The molecule has 0 aliphatic heterocycles. The van der Waals surface area contributed by atoms with Crippen LogP contribution < -0.4 is 10.1 Å². The van der Waals surface area contributed by atoms with E-state index in [1.54, 1.807) is 24.3 Å². The van der Waals surface area contributed by atoms with E-state index >= 15 is 4.39 Å². The van der Waals surface area contributed by atoms with Crippen molar-refractivity contribution in [3.8, 4) is 11.5 Å². The molecule has 0 spiro atoms. The van der Waals surface area contributed by atoms with Crippen molar-refractivity contribution in [1.82, 2.24) is 5.32 Å². The van der Waals surface area contributed by atoms with E-state index in [1.165, 1.54) is 5.57 Å². The molecule has 136 valence electrons. The molecule has 1 aliphatic rings. The van der Waals surface area contributed by atoms with Crippen LogP contribution in [0.2, 0.25) is 5.02 Å². The number of hydrogen-bond acceptors (Lipinski definition) is 2. The van der Waals surface area contributed by atoms with E-state index in [-0.39, 0.29) is 22.9 Å². The quantitative estimate of drug-likeness (QED) is 0.593. The molecule has 0 radical (unpaired) electrons. The molecule has 26 heavy (non-hydrogen) atoms. The first-order chi connectivity index (χ1) is 12.6. The highest BCUT2D eigenvalue weighted by Crippen LogP contribution is 2.36. The molecule has 4 heteroatoms. The van der Waals surface area contributed by atoms with E-state index in [0.29, 0.717) is 11.3 Å². The van der Waals surface area contributed by atoms with Crippen molar-refractivity contribution in [3.63, 3.8) is 0 Å². The van der Waals surface area contributed by atoms with Gasteiger partial charge in [0.15, 0.2) is 11.6 Å². The summed E-state index contributed by atoms with van der Waals surface area (Å²) in [6, 6.07) is 12.6. The molecular weight excluding hydrogens is 349 g/mol. The first-order valence-corrected chi connectivity index (χ1v) is 9.31. The number of ether oxygens (including phenoxy) is 1. The standard InChI is InChI=1S/C22H23ClFNO/c1-3-20(25-15(2)16-9-7-8-10-16)18-13-14-19(23)22(21(18)24)26-17-11-5-4-6-12-17/h4-7,9-15,20,25H,3,8H2,1-2H3/t15-,20+/m0/s1. The Hall–Kier alpha value is -2.10. The third-order valence-corrected chi connectivity index (χ3v) is 4.87. The lowest BCUT2D eigenvalue weighted by Crippen LogP contribution is -2.31. The largest absolute Gasteiger partial charge is 0.453 e. The Morgan fingerprint density at radius 2 is 1.96 bits per heavy atom. The fourth-order valence-electron chi connectivity index (χ4n) is 3.14. The maximum atomic E-state index is 15.2. The molecule has 1 N–H and O–H groups in total. The summed E-state index contributed by atoms with van der Waals surface area (Å²) in [7, 11) is 0. The van der Waals surface area contributed by atoms with E-state index in [0.717, 1.165) is 12.8 Å². The highest BCUT2D eigenvalue weighted by atomic mass is 35.5. The van der Waals surface area contributed by atoms with Gasteiger partial charge in [-0.1, -0.05) is 61.0 Å². The second kappa shape index (κ2) is 8.52. The number of nitrogens with one attached hydrogen (secondary N) is 1. The Morgan fingerprint density at radius 3 is 2.62 bits per heavy atom. The maximum Gasteiger partial charge on any atom is 0.181 e. The van der Waals surface area contributed by atoms with Crippen LogP contribution in [0.25, 0.3) is 0 Å². The monoisotopic (exact) mass is 371 g/mol. The summed E-state index contributed by atoms with van der Waals surface area (Å²) in [5.74, 6) is 0.216. The molecule has 0 saturated heterocycles. The number of hydrogen-bond donors (Lipinski definition) is 1. The summed E-state index contributed by atoms with van der Waals surface area (Å²) >= 11 is 6.20. The van der Waals surface area contributed by atoms with Gasteiger partial charge in [-0.25, -0.2) is 4.39 Å². The lowest BCUT2D eigenvalue weighted by Gasteiger charge is -2.24. The summed E-state index contributed by atoms with van der Waals surface area (Å²) in [6.07, 6.45) is 8.15. The maximum absolute atomic E-state index is 15.2. The van der Waals surface area contributed by atoms with Gasteiger partial charge in [-0.15, -0.1) is 0 Å². The highest BCUT2D eigenvalue weighted by molar-refractivity contribution is 6.32. The molecule has 3 rings (SSSR count).